The molecule has 2 N–H and O–H groups in total. The van der Waals surface area contributed by atoms with Crippen molar-refractivity contribution >= 4 is 17.6 Å². The molecular weight excluding hydrogens is 344 g/mol. The molecule has 0 aromatic heterocycles. The minimum Gasteiger partial charge on any atom is -0.493 e. The fraction of sp³-hybridized carbons (Fsp3) is 0.278. The number of benzene rings is 2. The Labute approximate surface area is 152 Å². The molecule has 2 rings (SSSR count). The molecule has 0 radical (unpaired) electrons. The van der Waals surface area contributed by atoms with Crippen LogP contribution >= 0.6 is 11.6 Å². The van der Waals surface area contributed by atoms with Crippen molar-refractivity contribution in [2.45, 2.75) is 13.0 Å². The predicted octanol–water partition coefficient (Wildman–Crippen LogP) is 3.75. The zero-order valence-electron chi connectivity index (χ0n) is 14.3. The first-order chi connectivity index (χ1) is 12.0. The molecule has 0 bridgehead atoms. The minimum atomic E-state index is -0.337. The smallest absolute Gasteiger partial charge is 0.317 e. The van der Waals surface area contributed by atoms with E-state index < -0.39 is 0 Å². The maximum absolute atomic E-state index is 12.0. The zero-order chi connectivity index (χ0) is 18.2. The van der Waals surface area contributed by atoms with Gasteiger partial charge in [-0.3, -0.25) is 0 Å². The van der Waals surface area contributed by atoms with E-state index in [1.54, 1.807) is 44.6 Å². The van der Waals surface area contributed by atoms with Gasteiger partial charge in [0, 0.05) is 5.02 Å². The molecule has 7 heteroatoms. The topological polar surface area (TPSA) is 68.8 Å². The highest BCUT2D eigenvalue weighted by Crippen LogP contribution is 2.29. The number of amides is 2. The Hall–Kier alpha value is -2.60. The van der Waals surface area contributed by atoms with Gasteiger partial charge in [-0.15, -0.1) is 0 Å². The van der Waals surface area contributed by atoms with Crippen molar-refractivity contribution in [1.82, 2.24) is 10.6 Å². The van der Waals surface area contributed by atoms with Crippen LogP contribution < -0.4 is 24.8 Å². The van der Waals surface area contributed by atoms with E-state index in [2.05, 4.69) is 10.6 Å². The third-order valence-corrected chi connectivity index (χ3v) is 3.79. The Kier molecular flexibility index (Phi) is 6.77. The average Bonchev–Trinajstić information content (AvgIpc) is 2.62. The number of hydrogen-bond donors (Lipinski definition) is 2. The second kappa shape index (κ2) is 9.03. The second-order valence-corrected chi connectivity index (χ2v) is 5.67. The van der Waals surface area contributed by atoms with Crippen molar-refractivity contribution in [1.29, 1.82) is 0 Å². The largest absolute Gasteiger partial charge is 0.493 e. The molecule has 0 heterocycles. The number of rotatable bonds is 7. The molecule has 0 aliphatic carbocycles. The molecule has 0 fully saturated rings. The Morgan fingerprint density at radius 3 is 2.40 bits per heavy atom. The average molecular weight is 365 g/mol. The summed E-state index contributed by atoms with van der Waals surface area (Å²) in [5.74, 6) is 1.87. The number of carbonyl (C=O) groups is 1. The standard InChI is InChI=1S/C18H21ClN2O4/c1-12(13-4-9-16(23-2)17(10-13)24-3)21-18(22)20-11-25-15-7-5-14(19)6-8-15/h4-10,12H,11H2,1-3H3,(H2,20,21,22). The summed E-state index contributed by atoms with van der Waals surface area (Å²) in [7, 11) is 3.15. The molecule has 6 nitrogen and oxygen atoms in total. The fourth-order valence-electron chi connectivity index (χ4n) is 2.17. The molecule has 1 unspecified atom stereocenters. The van der Waals surface area contributed by atoms with Gasteiger partial charge in [0.25, 0.3) is 0 Å². The van der Waals surface area contributed by atoms with E-state index in [0.717, 1.165) is 5.56 Å². The van der Waals surface area contributed by atoms with Crippen molar-refractivity contribution in [2.75, 3.05) is 21.0 Å². The van der Waals surface area contributed by atoms with Crippen LogP contribution in [-0.2, 0) is 0 Å². The van der Waals surface area contributed by atoms with Gasteiger partial charge in [0.05, 0.1) is 20.3 Å². The maximum atomic E-state index is 12.0. The lowest BCUT2D eigenvalue weighted by atomic mass is 10.1. The number of nitrogens with one attached hydrogen (secondary N) is 2. The molecule has 0 saturated heterocycles. The van der Waals surface area contributed by atoms with Crippen LogP contribution in [0, 0.1) is 0 Å². The summed E-state index contributed by atoms with van der Waals surface area (Å²) >= 11 is 5.80. The monoisotopic (exact) mass is 364 g/mol. The first-order valence-corrected chi connectivity index (χ1v) is 8.06. The Balaban J connectivity index is 1.84. The molecule has 0 aliphatic heterocycles. The van der Waals surface area contributed by atoms with E-state index in [4.69, 9.17) is 25.8 Å². The summed E-state index contributed by atoms with van der Waals surface area (Å²) in [5, 5.41) is 6.10. The highest BCUT2D eigenvalue weighted by Gasteiger charge is 2.12. The molecule has 2 aromatic carbocycles. The summed E-state index contributed by atoms with van der Waals surface area (Å²) in [6.07, 6.45) is 0. The van der Waals surface area contributed by atoms with E-state index >= 15 is 0 Å². The SMILES string of the molecule is COc1ccc(C(C)NC(=O)NCOc2ccc(Cl)cc2)cc1OC. The van der Waals surface area contributed by atoms with E-state index in [-0.39, 0.29) is 18.8 Å². The summed E-state index contributed by atoms with van der Waals surface area (Å²) in [4.78, 5) is 12.0. The minimum absolute atomic E-state index is 0.0477. The van der Waals surface area contributed by atoms with Crippen LogP contribution in [0.25, 0.3) is 0 Å². The van der Waals surface area contributed by atoms with Gasteiger partial charge in [-0.2, -0.15) is 0 Å². The number of urea groups is 1. The van der Waals surface area contributed by atoms with Crippen molar-refractivity contribution in [3.8, 4) is 17.2 Å². The molecule has 2 amide bonds. The lowest BCUT2D eigenvalue weighted by Gasteiger charge is -2.17. The predicted molar refractivity (Wildman–Crippen MR) is 96.6 cm³/mol. The van der Waals surface area contributed by atoms with Gasteiger partial charge in [-0.25, -0.2) is 4.79 Å². The van der Waals surface area contributed by atoms with E-state index in [9.17, 15) is 4.79 Å². The Morgan fingerprint density at radius 2 is 1.76 bits per heavy atom. The molecular formula is C18H21ClN2O4. The molecule has 0 spiro atoms. The third kappa shape index (κ3) is 5.46. The van der Waals surface area contributed by atoms with Crippen LogP contribution in [0.2, 0.25) is 5.02 Å². The second-order valence-electron chi connectivity index (χ2n) is 5.23. The van der Waals surface area contributed by atoms with Crippen LogP contribution in [-0.4, -0.2) is 27.0 Å². The van der Waals surface area contributed by atoms with Crippen molar-refractivity contribution in [3.63, 3.8) is 0 Å². The number of halogens is 1. The van der Waals surface area contributed by atoms with Gasteiger partial charge in [0.2, 0.25) is 0 Å². The van der Waals surface area contributed by atoms with Gasteiger partial charge in [-0.05, 0) is 48.9 Å². The molecule has 2 aromatic rings. The van der Waals surface area contributed by atoms with Gasteiger partial charge in [-0.1, -0.05) is 17.7 Å². The number of methoxy groups -OCH3 is 2. The van der Waals surface area contributed by atoms with Gasteiger partial charge < -0.3 is 24.8 Å². The molecule has 1 atom stereocenters. The van der Waals surface area contributed by atoms with Crippen molar-refractivity contribution < 1.29 is 19.0 Å². The lowest BCUT2D eigenvalue weighted by Crippen LogP contribution is -2.38. The van der Waals surface area contributed by atoms with Crippen molar-refractivity contribution in [3.05, 3.63) is 53.1 Å². The van der Waals surface area contributed by atoms with Crippen LogP contribution in [0.1, 0.15) is 18.5 Å². The third-order valence-electron chi connectivity index (χ3n) is 3.54. The van der Waals surface area contributed by atoms with Crippen LogP contribution in [0.4, 0.5) is 4.79 Å². The normalized spacial score (nSPS) is 11.4. The number of carbonyl (C=O) groups excluding carboxylic acids is 1. The maximum Gasteiger partial charge on any atom is 0.317 e. The molecule has 0 aliphatic rings. The van der Waals surface area contributed by atoms with E-state index in [1.165, 1.54) is 0 Å². The highest BCUT2D eigenvalue weighted by atomic mass is 35.5. The van der Waals surface area contributed by atoms with Crippen LogP contribution in [0.15, 0.2) is 42.5 Å². The first-order valence-electron chi connectivity index (χ1n) is 7.68. The zero-order valence-corrected chi connectivity index (χ0v) is 15.1. The molecule has 0 saturated carbocycles. The van der Waals surface area contributed by atoms with E-state index in [0.29, 0.717) is 22.3 Å². The number of hydrogen-bond acceptors (Lipinski definition) is 4. The van der Waals surface area contributed by atoms with Gasteiger partial charge in [0.1, 0.15) is 5.75 Å². The summed E-state index contributed by atoms with van der Waals surface area (Å²) < 4.78 is 15.9. The van der Waals surface area contributed by atoms with Crippen LogP contribution in [0.5, 0.6) is 17.2 Å². The Morgan fingerprint density at radius 1 is 1.08 bits per heavy atom. The van der Waals surface area contributed by atoms with Crippen LogP contribution in [0.3, 0.4) is 0 Å². The highest BCUT2D eigenvalue weighted by molar-refractivity contribution is 6.30. The van der Waals surface area contributed by atoms with Crippen molar-refractivity contribution in [2.24, 2.45) is 0 Å². The first kappa shape index (κ1) is 18.7. The van der Waals surface area contributed by atoms with E-state index in [1.807, 2.05) is 19.1 Å². The molecule has 134 valence electrons. The van der Waals surface area contributed by atoms with Gasteiger partial charge in [0.15, 0.2) is 18.2 Å². The number of ether oxygens (including phenoxy) is 3. The summed E-state index contributed by atoms with van der Waals surface area (Å²) in [5.41, 5.74) is 0.895. The Bertz CT molecular complexity index is 707. The summed E-state index contributed by atoms with van der Waals surface area (Å²) in [6.45, 7) is 1.92. The fourth-order valence-corrected chi connectivity index (χ4v) is 2.29. The quantitative estimate of drug-likeness (QED) is 0.734. The lowest BCUT2D eigenvalue weighted by molar-refractivity contribution is 0.221. The van der Waals surface area contributed by atoms with Gasteiger partial charge >= 0.3 is 6.03 Å². The molecule has 25 heavy (non-hydrogen) atoms. The summed E-state index contributed by atoms with van der Waals surface area (Å²) in [6, 6.07) is 11.8.